The number of nitrogens with two attached hydrogens (primary N) is 1. The van der Waals surface area contributed by atoms with Gasteiger partial charge in [0.15, 0.2) is 0 Å². The maximum absolute atomic E-state index is 11.6. The first kappa shape index (κ1) is 11.4. The Balaban J connectivity index is 1.80. The highest BCUT2D eigenvalue weighted by molar-refractivity contribution is 5.79. The van der Waals surface area contributed by atoms with E-state index in [-0.39, 0.29) is 0 Å². The Morgan fingerprint density at radius 1 is 1.28 bits per heavy atom. The lowest BCUT2D eigenvalue weighted by Gasteiger charge is -2.39. The molecule has 96 valence electrons. The van der Waals surface area contributed by atoms with Gasteiger partial charge in [0.05, 0.1) is 0 Å². The second-order valence-electron chi connectivity index (χ2n) is 5.33. The molecular weight excluding hydrogens is 226 g/mol. The van der Waals surface area contributed by atoms with Gasteiger partial charge in [0, 0.05) is 43.5 Å². The highest BCUT2D eigenvalue weighted by Gasteiger charge is 2.35. The molecule has 0 aliphatic carbocycles. The number of fused-ring (bicyclic) bond motifs is 1. The molecule has 2 N–H and O–H groups in total. The molecule has 0 saturated carbocycles. The van der Waals surface area contributed by atoms with Crippen LogP contribution in [0.25, 0.3) is 0 Å². The number of piperazine rings is 1. The fourth-order valence-electron chi connectivity index (χ4n) is 3.07. The highest BCUT2D eigenvalue weighted by Crippen LogP contribution is 2.27. The second kappa shape index (κ2) is 4.19. The Kier molecular flexibility index (Phi) is 2.65. The summed E-state index contributed by atoms with van der Waals surface area (Å²) in [6.45, 7) is 4.76. The average Bonchev–Trinajstić information content (AvgIpc) is 2.69. The molecule has 2 heterocycles. The number of nitrogen functional groups attached to an aromatic ring is 1. The van der Waals surface area contributed by atoms with Gasteiger partial charge in [-0.1, -0.05) is 0 Å². The summed E-state index contributed by atoms with van der Waals surface area (Å²) in [5.74, 6) is 0.323. The second-order valence-corrected chi connectivity index (χ2v) is 5.33. The third-order valence-corrected chi connectivity index (χ3v) is 3.94. The number of carbonyl (C=O) groups excluding carboxylic acids is 1. The van der Waals surface area contributed by atoms with Crippen molar-refractivity contribution in [1.29, 1.82) is 0 Å². The molecule has 1 unspecified atom stereocenters. The Morgan fingerprint density at radius 3 is 2.89 bits per heavy atom. The Morgan fingerprint density at radius 2 is 2.11 bits per heavy atom. The number of anilines is 2. The van der Waals surface area contributed by atoms with Gasteiger partial charge in [-0.25, -0.2) is 0 Å². The van der Waals surface area contributed by atoms with Gasteiger partial charge in [-0.05, 0) is 37.1 Å². The number of hydrogen-bond donors (Lipinski definition) is 1. The molecule has 0 bridgehead atoms. The van der Waals surface area contributed by atoms with E-state index >= 15 is 0 Å². The quantitative estimate of drug-likeness (QED) is 0.761. The number of benzene rings is 1. The minimum atomic E-state index is 0.323. The topological polar surface area (TPSA) is 49.6 Å². The first-order valence-corrected chi connectivity index (χ1v) is 6.55. The monoisotopic (exact) mass is 245 g/mol. The van der Waals surface area contributed by atoms with Crippen molar-refractivity contribution >= 4 is 17.3 Å². The van der Waals surface area contributed by atoms with Crippen LogP contribution in [0.3, 0.4) is 0 Å². The average molecular weight is 245 g/mol. The maximum Gasteiger partial charge on any atom is 0.223 e. The van der Waals surface area contributed by atoms with Gasteiger partial charge in [0.2, 0.25) is 5.91 Å². The zero-order valence-electron chi connectivity index (χ0n) is 10.7. The minimum absolute atomic E-state index is 0.323. The smallest absolute Gasteiger partial charge is 0.223 e. The van der Waals surface area contributed by atoms with Gasteiger partial charge >= 0.3 is 0 Å². The molecule has 1 aromatic rings. The molecule has 1 aromatic carbocycles. The summed E-state index contributed by atoms with van der Waals surface area (Å²) >= 11 is 0. The van der Waals surface area contributed by atoms with Crippen molar-refractivity contribution in [2.45, 2.75) is 25.8 Å². The van der Waals surface area contributed by atoms with E-state index < -0.39 is 0 Å². The molecule has 0 spiro atoms. The number of aryl methyl sites for hydroxylation is 1. The van der Waals surface area contributed by atoms with Gasteiger partial charge in [0.25, 0.3) is 0 Å². The number of carbonyl (C=O) groups is 1. The first-order valence-electron chi connectivity index (χ1n) is 6.55. The first-order chi connectivity index (χ1) is 8.63. The largest absolute Gasteiger partial charge is 0.399 e. The molecule has 4 nitrogen and oxygen atoms in total. The predicted octanol–water partition coefficient (Wildman–Crippen LogP) is 1.39. The summed E-state index contributed by atoms with van der Waals surface area (Å²) in [5, 5.41) is 0. The van der Waals surface area contributed by atoms with E-state index in [2.05, 4.69) is 17.9 Å². The van der Waals surface area contributed by atoms with E-state index in [1.807, 2.05) is 17.0 Å². The molecule has 0 radical (unpaired) electrons. The third-order valence-electron chi connectivity index (χ3n) is 3.94. The summed E-state index contributed by atoms with van der Waals surface area (Å²) in [6.07, 6.45) is 1.71. The van der Waals surface area contributed by atoms with E-state index in [1.54, 1.807) is 0 Å². The molecule has 4 heteroatoms. The van der Waals surface area contributed by atoms with Crippen LogP contribution >= 0.6 is 0 Å². The fourth-order valence-corrected chi connectivity index (χ4v) is 3.07. The lowest BCUT2D eigenvalue weighted by atomic mass is 10.1. The van der Waals surface area contributed by atoms with Gasteiger partial charge in [-0.2, -0.15) is 0 Å². The predicted molar refractivity (Wildman–Crippen MR) is 72.5 cm³/mol. The fraction of sp³-hybridized carbons (Fsp3) is 0.500. The van der Waals surface area contributed by atoms with Crippen LogP contribution in [0, 0.1) is 6.92 Å². The number of hydrogen-bond acceptors (Lipinski definition) is 3. The minimum Gasteiger partial charge on any atom is -0.399 e. The van der Waals surface area contributed by atoms with Crippen molar-refractivity contribution in [2.75, 3.05) is 30.3 Å². The van der Waals surface area contributed by atoms with Crippen LogP contribution in [0.2, 0.25) is 0 Å². The van der Waals surface area contributed by atoms with Crippen LogP contribution in [0.5, 0.6) is 0 Å². The zero-order chi connectivity index (χ0) is 12.7. The molecule has 2 saturated heterocycles. The summed E-state index contributed by atoms with van der Waals surface area (Å²) < 4.78 is 0. The molecule has 1 atom stereocenters. The van der Waals surface area contributed by atoms with Crippen molar-refractivity contribution in [1.82, 2.24) is 4.90 Å². The summed E-state index contributed by atoms with van der Waals surface area (Å²) in [5.41, 5.74) is 9.09. The molecule has 18 heavy (non-hydrogen) atoms. The summed E-state index contributed by atoms with van der Waals surface area (Å²) in [4.78, 5) is 16.0. The summed E-state index contributed by atoms with van der Waals surface area (Å²) in [6, 6.07) is 6.58. The van der Waals surface area contributed by atoms with Gasteiger partial charge in [-0.15, -0.1) is 0 Å². The zero-order valence-corrected chi connectivity index (χ0v) is 10.7. The van der Waals surface area contributed by atoms with E-state index in [9.17, 15) is 4.79 Å². The molecule has 0 aromatic heterocycles. The van der Waals surface area contributed by atoms with Crippen molar-refractivity contribution in [3.05, 3.63) is 23.8 Å². The molecule has 2 aliphatic heterocycles. The highest BCUT2D eigenvalue weighted by atomic mass is 16.2. The Hall–Kier alpha value is -1.71. The van der Waals surface area contributed by atoms with Crippen LogP contribution in [-0.4, -0.2) is 36.5 Å². The normalized spacial score (nSPS) is 23.4. The van der Waals surface area contributed by atoms with E-state index in [4.69, 9.17) is 5.73 Å². The van der Waals surface area contributed by atoms with E-state index in [1.165, 1.54) is 11.3 Å². The lowest BCUT2D eigenvalue weighted by molar-refractivity contribution is -0.129. The lowest BCUT2D eigenvalue weighted by Crippen LogP contribution is -2.51. The van der Waals surface area contributed by atoms with Crippen molar-refractivity contribution in [3.8, 4) is 0 Å². The Bertz CT molecular complexity index is 466. The number of amides is 1. The molecule has 2 aliphatic rings. The number of rotatable bonds is 1. The summed E-state index contributed by atoms with van der Waals surface area (Å²) in [7, 11) is 0. The third kappa shape index (κ3) is 1.92. The SMILES string of the molecule is Cc1cc(N)cc(N2CCN3C(=O)CCC3C2)c1. The molecule has 3 rings (SSSR count). The van der Waals surface area contributed by atoms with Crippen LogP contribution in [0.15, 0.2) is 18.2 Å². The molecule has 1 amide bonds. The molecular formula is C14H19N3O. The Labute approximate surface area is 107 Å². The van der Waals surface area contributed by atoms with Crippen molar-refractivity contribution in [2.24, 2.45) is 0 Å². The van der Waals surface area contributed by atoms with Gasteiger partial charge in [-0.3, -0.25) is 4.79 Å². The number of nitrogens with zero attached hydrogens (tertiary/aromatic N) is 2. The maximum atomic E-state index is 11.6. The van der Waals surface area contributed by atoms with Gasteiger partial charge < -0.3 is 15.5 Å². The molecule has 2 fully saturated rings. The van der Waals surface area contributed by atoms with E-state index in [0.29, 0.717) is 18.4 Å². The van der Waals surface area contributed by atoms with Gasteiger partial charge in [0.1, 0.15) is 0 Å². The van der Waals surface area contributed by atoms with Crippen molar-refractivity contribution < 1.29 is 4.79 Å². The van der Waals surface area contributed by atoms with Crippen LogP contribution in [0.4, 0.5) is 11.4 Å². The van der Waals surface area contributed by atoms with E-state index in [0.717, 1.165) is 31.7 Å². The van der Waals surface area contributed by atoms with Crippen molar-refractivity contribution in [3.63, 3.8) is 0 Å². The standard InChI is InChI=1S/C14H19N3O/c1-10-6-11(15)8-13(7-10)16-4-5-17-12(9-16)2-3-14(17)18/h6-8,12H,2-5,9,15H2,1H3. The van der Waals surface area contributed by atoms with Crippen LogP contribution in [-0.2, 0) is 4.79 Å². The van der Waals surface area contributed by atoms with Crippen LogP contribution < -0.4 is 10.6 Å². The van der Waals surface area contributed by atoms with Crippen LogP contribution in [0.1, 0.15) is 18.4 Å².